The molecule has 0 radical (unpaired) electrons. The Bertz CT molecular complexity index is 820. The Balaban J connectivity index is 2.11. The fourth-order valence-electron chi connectivity index (χ4n) is 3.22. The van der Waals surface area contributed by atoms with E-state index in [-0.39, 0.29) is 43.1 Å². The number of nitrogen functional groups attached to an aromatic ring is 1. The smallest absolute Gasteiger partial charge is 0.383 e. The normalized spacial score (nSPS) is 17.0. The molecule has 1 aliphatic rings. The molecule has 1 aliphatic heterocycles. The van der Waals surface area contributed by atoms with Crippen LogP contribution in [0.2, 0.25) is 0 Å². The van der Waals surface area contributed by atoms with Crippen LogP contribution in [0.25, 0.3) is 11.3 Å². The Morgan fingerprint density at radius 1 is 1.27 bits per heavy atom. The summed E-state index contributed by atoms with van der Waals surface area (Å²) in [6.07, 6.45) is -4.01. The number of hydrogen-bond acceptors (Lipinski definition) is 4. The van der Waals surface area contributed by atoms with E-state index in [2.05, 4.69) is 21.0 Å². The third-order valence-electron chi connectivity index (χ3n) is 4.49. The molecule has 1 saturated heterocycles. The molecule has 9 heteroatoms. The van der Waals surface area contributed by atoms with Gasteiger partial charge in [-0.2, -0.15) is 23.5 Å². The zero-order chi connectivity index (χ0) is 18.9. The van der Waals surface area contributed by atoms with Crippen molar-refractivity contribution in [2.75, 3.05) is 18.9 Å². The Labute approximate surface area is 156 Å². The van der Waals surface area contributed by atoms with Gasteiger partial charge in [0.05, 0.1) is 0 Å². The number of ether oxygens (including phenoxy) is 1. The second-order valence-electron chi connectivity index (χ2n) is 6.11. The zero-order valence-electron chi connectivity index (χ0n) is 13.6. The van der Waals surface area contributed by atoms with Gasteiger partial charge in [-0.3, -0.25) is 0 Å². The molecule has 1 fully saturated rings. The number of anilines is 1. The molecule has 5 nitrogen and oxygen atoms in total. The molecule has 26 heavy (non-hydrogen) atoms. The van der Waals surface area contributed by atoms with Crippen LogP contribution >= 0.6 is 15.9 Å². The van der Waals surface area contributed by atoms with E-state index < -0.39 is 18.1 Å². The number of aromatic nitrogens is 2. The summed E-state index contributed by atoms with van der Waals surface area (Å²) in [6, 6.07) is 6.81. The van der Waals surface area contributed by atoms with Gasteiger partial charge >= 0.3 is 6.18 Å². The van der Waals surface area contributed by atoms with Gasteiger partial charge < -0.3 is 10.5 Å². The summed E-state index contributed by atoms with van der Waals surface area (Å²) in [4.78, 5) is 0. The maximum atomic E-state index is 13.8. The van der Waals surface area contributed by atoms with Crippen molar-refractivity contribution in [1.82, 2.24) is 9.78 Å². The first kappa shape index (κ1) is 18.7. The van der Waals surface area contributed by atoms with Crippen molar-refractivity contribution in [1.29, 1.82) is 5.26 Å². The van der Waals surface area contributed by atoms with Crippen molar-refractivity contribution < 1.29 is 17.9 Å². The fraction of sp³-hybridized carbons (Fsp3) is 0.412. The van der Waals surface area contributed by atoms with Gasteiger partial charge in [0, 0.05) is 23.2 Å². The van der Waals surface area contributed by atoms with Crippen LogP contribution < -0.4 is 5.73 Å². The standard InChI is InChI=1S/C17H16BrF3N4O/c18-12-3-1-10(2-4-12)14-13(9-22)16(23)25(24-14)15(17(19,20)21)11-5-7-26-8-6-11/h1-4,11,15H,5-8,23H2. The second kappa shape index (κ2) is 7.29. The summed E-state index contributed by atoms with van der Waals surface area (Å²) in [5, 5.41) is 13.5. The van der Waals surface area contributed by atoms with E-state index in [4.69, 9.17) is 10.5 Å². The molecular weight excluding hydrogens is 413 g/mol. The van der Waals surface area contributed by atoms with Crippen molar-refractivity contribution in [3.63, 3.8) is 0 Å². The minimum atomic E-state index is -4.54. The topological polar surface area (TPSA) is 76.9 Å². The van der Waals surface area contributed by atoms with E-state index in [0.717, 1.165) is 9.15 Å². The van der Waals surface area contributed by atoms with E-state index >= 15 is 0 Å². The SMILES string of the molecule is N#Cc1c(-c2ccc(Br)cc2)nn(C(C2CCOCC2)C(F)(F)F)c1N. The number of benzene rings is 1. The summed E-state index contributed by atoms with van der Waals surface area (Å²) in [5.41, 5.74) is 6.56. The molecule has 3 rings (SSSR count). The van der Waals surface area contributed by atoms with Crippen molar-refractivity contribution in [3.05, 3.63) is 34.3 Å². The van der Waals surface area contributed by atoms with E-state index in [0.29, 0.717) is 5.56 Å². The van der Waals surface area contributed by atoms with E-state index in [1.807, 2.05) is 6.07 Å². The average Bonchev–Trinajstić information content (AvgIpc) is 2.92. The monoisotopic (exact) mass is 428 g/mol. The highest BCUT2D eigenvalue weighted by molar-refractivity contribution is 9.10. The number of nitrogens with two attached hydrogens (primary N) is 1. The van der Waals surface area contributed by atoms with Crippen LogP contribution in [0.4, 0.5) is 19.0 Å². The predicted octanol–water partition coefficient (Wildman–Crippen LogP) is 4.30. The van der Waals surface area contributed by atoms with E-state index in [9.17, 15) is 18.4 Å². The Kier molecular flexibility index (Phi) is 5.25. The predicted molar refractivity (Wildman–Crippen MR) is 93.1 cm³/mol. The first-order valence-electron chi connectivity index (χ1n) is 8.01. The van der Waals surface area contributed by atoms with Gasteiger partial charge in [0.25, 0.3) is 0 Å². The summed E-state index contributed by atoms with van der Waals surface area (Å²) < 4.78 is 48.2. The molecule has 1 atom stereocenters. The van der Waals surface area contributed by atoms with Crippen LogP contribution in [0.3, 0.4) is 0 Å². The molecule has 0 amide bonds. The van der Waals surface area contributed by atoms with Crippen LogP contribution in [0.15, 0.2) is 28.7 Å². The maximum Gasteiger partial charge on any atom is 0.411 e. The van der Waals surface area contributed by atoms with Gasteiger partial charge in [-0.05, 0) is 30.9 Å². The molecule has 1 aromatic carbocycles. The summed E-state index contributed by atoms with van der Waals surface area (Å²) in [6.45, 7) is 0.534. The highest BCUT2D eigenvalue weighted by Gasteiger charge is 2.48. The first-order chi connectivity index (χ1) is 12.3. The molecule has 0 spiro atoms. The third kappa shape index (κ3) is 3.57. The highest BCUT2D eigenvalue weighted by atomic mass is 79.9. The average molecular weight is 429 g/mol. The number of alkyl halides is 3. The van der Waals surface area contributed by atoms with Crippen molar-refractivity contribution in [2.24, 2.45) is 5.92 Å². The van der Waals surface area contributed by atoms with Gasteiger partial charge in [-0.15, -0.1) is 0 Å². The van der Waals surface area contributed by atoms with E-state index in [1.54, 1.807) is 24.3 Å². The molecule has 1 aromatic heterocycles. The molecule has 1 unspecified atom stereocenters. The lowest BCUT2D eigenvalue weighted by atomic mass is 9.91. The van der Waals surface area contributed by atoms with Gasteiger partial charge in [0.15, 0.2) is 6.04 Å². The van der Waals surface area contributed by atoms with Gasteiger partial charge in [-0.25, -0.2) is 4.68 Å². The minimum Gasteiger partial charge on any atom is -0.383 e. The quantitative estimate of drug-likeness (QED) is 0.790. The van der Waals surface area contributed by atoms with E-state index in [1.165, 1.54) is 0 Å². The van der Waals surface area contributed by atoms with Crippen LogP contribution in [0.5, 0.6) is 0 Å². The van der Waals surface area contributed by atoms with Gasteiger partial charge in [0.1, 0.15) is 23.1 Å². The minimum absolute atomic E-state index is 0.0476. The summed E-state index contributed by atoms with van der Waals surface area (Å²) >= 11 is 3.30. The Hall–Kier alpha value is -2.05. The molecule has 2 aromatic rings. The molecular formula is C17H16BrF3N4O. The molecule has 138 valence electrons. The summed E-state index contributed by atoms with van der Waals surface area (Å²) in [7, 11) is 0. The fourth-order valence-corrected chi connectivity index (χ4v) is 3.48. The number of rotatable bonds is 3. The van der Waals surface area contributed by atoms with Gasteiger partial charge in [-0.1, -0.05) is 28.1 Å². The largest absolute Gasteiger partial charge is 0.411 e. The molecule has 0 bridgehead atoms. The number of hydrogen-bond donors (Lipinski definition) is 1. The third-order valence-corrected chi connectivity index (χ3v) is 5.02. The maximum absolute atomic E-state index is 13.8. The molecule has 0 aliphatic carbocycles. The highest BCUT2D eigenvalue weighted by Crippen LogP contribution is 2.43. The Morgan fingerprint density at radius 2 is 1.88 bits per heavy atom. The second-order valence-corrected chi connectivity index (χ2v) is 7.02. The Morgan fingerprint density at radius 3 is 2.42 bits per heavy atom. The molecule has 0 saturated carbocycles. The van der Waals surface area contributed by atoms with Crippen LogP contribution in [-0.4, -0.2) is 29.2 Å². The van der Waals surface area contributed by atoms with Crippen molar-refractivity contribution in [2.45, 2.75) is 25.1 Å². The summed E-state index contributed by atoms with van der Waals surface area (Å²) in [5.74, 6) is -0.963. The lowest BCUT2D eigenvalue weighted by molar-refractivity contribution is -0.189. The van der Waals surface area contributed by atoms with Crippen molar-refractivity contribution >= 4 is 21.7 Å². The van der Waals surface area contributed by atoms with Crippen LogP contribution in [0, 0.1) is 17.2 Å². The van der Waals surface area contributed by atoms with Crippen molar-refractivity contribution in [3.8, 4) is 17.3 Å². The lowest BCUT2D eigenvalue weighted by Gasteiger charge is -2.32. The molecule has 2 heterocycles. The zero-order valence-corrected chi connectivity index (χ0v) is 15.2. The number of nitriles is 1. The molecule has 2 N–H and O–H groups in total. The van der Waals surface area contributed by atoms with Gasteiger partial charge in [0.2, 0.25) is 0 Å². The van der Waals surface area contributed by atoms with Crippen LogP contribution in [0.1, 0.15) is 24.4 Å². The number of nitrogens with zero attached hydrogens (tertiary/aromatic N) is 3. The van der Waals surface area contributed by atoms with Crippen LogP contribution in [-0.2, 0) is 4.74 Å². The first-order valence-corrected chi connectivity index (χ1v) is 8.80. The lowest BCUT2D eigenvalue weighted by Crippen LogP contribution is -2.37. The number of halogens is 4.